The minimum absolute atomic E-state index is 0.302. The molecule has 0 radical (unpaired) electrons. The molecule has 36 heavy (non-hydrogen) atoms. The van der Waals surface area contributed by atoms with Gasteiger partial charge >= 0.3 is 0 Å². The van der Waals surface area contributed by atoms with Crippen LogP contribution < -0.4 is 14.2 Å². The van der Waals surface area contributed by atoms with E-state index < -0.39 is 29.4 Å². The van der Waals surface area contributed by atoms with Crippen LogP contribution in [0, 0.1) is 5.92 Å². The van der Waals surface area contributed by atoms with Gasteiger partial charge in [0.1, 0.15) is 24.9 Å². The van der Waals surface area contributed by atoms with Crippen molar-refractivity contribution in [2.45, 2.75) is 25.9 Å². The number of fused-ring (bicyclic) bond motifs is 1. The number of amides is 1. The molecule has 5 rings (SSSR count). The zero-order valence-corrected chi connectivity index (χ0v) is 20.0. The van der Waals surface area contributed by atoms with Crippen LogP contribution in [0.3, 0.4) is 0 Å². The first-order chi connectivity index (χ1) is 17.6. The number of hydrogen-bond donors (Lipinski definition) is 0. The molecule has 2 aliphatic rings. The molecule has 0 aliphatic carbocycles. The topological polar surface area (TPSA) is 100.0 Å². The fraction of sp³-hybridized carbons (Fsp3) is 0.333. The van der Waals surface area contributed by atoms with E-state index in [4.69, 9.17) is 14.2 Å². The molecule has 2 atom stereocenters. The number of carbonyl (C=O) groups excluding carboxylic acids is 3. The lowest BCUT2D eigenvalue weighted by Crippen LogP contribution is -2.32. The van der Waals surface area contributed by atoms with Crippen LogP contribution in [0.2, 0.25) is 0 Å². The van der Waals surface area contributed by atoms with Crippen LogP contribution in [0.5, 0.6) is 17.2 Å². The van der Waals surface area contributed by atoms with Crippen LogP contribution in [0.25, 0.3) is 0 Å². The molecule has 0 bridgehead atoms. The summed E-state index contributed by atoms with van der Waals surface area (Å²) in [6, 6.07) is 11.4. The second kappa shape index (κ2) is 10.2. The van der Waals surface area contributed by atoms with E-state index >= 15 is 0 Å². The first-order valence-electron chi connectivity index (χ1n) is 12.0. The van der Waals surface area contributed by atoms with Crippen LogP contribution >= 0.6 is 0 Å². The Labute approximate surface area is 208 Å². The number of likely N-dealkylation sites (tertiary alicyclic amines) is 1. The smallest absolute Gasteiger partial charge is 0.291 e. The number of imidazole rings is 1. The van der Waals surface area contributed by atoms with Crippen molar-refractivity contribution in [3.63, 3.8) is 0 Å². The molecule has 1 aromatic heterocycles. The van der Waals surface area contributed by atoms with Crippen molar-refractivity contribution in [2.24, 2.45) is 5.92 Å². The highest BCUT2D eigenvalue weighted by atomic mass is 16.6. The molecule has 186 valence electrons. The number of rotatable bonds is 9. The number of nitrogens with zero attached hydrogens (tertiary/aromatic N) is 3. The van der Waals surface area contributed by atoms with Gasteiger partial charge in [-0.2, -0.15) is 0 Å². The summed E-state index contributed by atoms with van der Waals surface area (Å²) >= 11 is 0. The number of ketones is 2. The fourth-order valence-corrected chi connectivity index (χ4v) is 4.77. The third-order valence-corrected chi connectivity index (χ3v) is 6.40. The van der Waals surface area contributed by atoms with Crippen molar-refractivity contribution in [1.29, 1.82) is 0 Å². The molecule has 9 nitrogen and oxygen atoms in total. The average molecular weight is 490 g/mol. The molecular formula is C27H27N3O6. The number of ether oxygens (including phenoxy) is 3. The second-order valence-corrected chi connectivity index (χ2v) is 8.67. The summed E-state index contributed by atoms with van der Waals surface area (Å²) in [7, 11) is 0. The molecule has 1 saturated heterocycles. The van der Waals surface area contributed by atoms with Crippen LogP contribution in [-0.2, 0) is 16.1 Å². The molecule has 0 spiro atoms. The highest BCUT2D eigenvalue weighted by Crippen LogP contribution is 2.40. The van der Waals surface area contributed by atoms with E-state index in [1.54, 1.807) is 36.8 Å². The summed E-state index contributed by atoms with van der Waals surface area (Å²) in [4.78, 5) is 45.8. The minimum Gasteiger partial charge on any atom is -0.494 e. The number of Topliss-reactive ketones (excluding diaryl/α,β-unsaturated/α-hetero) is 2. The number of carbonyl (C=O) groups is 3. The van der Waals surface area contributed by atoms with Crippen molar-refractivity contribution >= 4 is 17.5 Å². The van der Waals surface area contributed by atoms with Gasteiger partial charge in [0.05, 0.1) is 19.0 Å². The van der Waals surface area contributed by atoms with Crippen molar-refractivity contribution in [3.8, 4) is 17.2 Å². The molecule has 2 aliphatic heterocycles. The Morgan fingerprint density at radius 2 is 1.92 bits per heavy atom. The largest absolute Gasteiger partial charge is 0.494 e. The first kappa shape index (κ1) is 23.6. The van der Waals surface area contributed by atoms with E-state index in [2.05, 4.69) is 4.98 Å². The van der Waals surface area contributed by atoms with Gasteiger partial charge in [-0.3, -0.25) is 14.4 Å². The van der Waals surface area contributed by atoms with E-state index in [1.807, 2.05) is 35.9 Å². The lowest BCUT2D eigenvalue weighted by atomic mass is 9.86. The lowest BCUT2D eigenvalue weighted by molar-refractivity contribution is -0.140. The molecule has 0 N–H and O–H groups in total. The third-order valence-electron chi connectivity index (χ3n) is 6.40. The van der Waals surface area contributed by atoms with E-state index in [1.165, 1.54) is 4.90 Å². The Morgan fingerprint density at radius 1 is 1.08 bits per heavy atom. The molecule has 3 aromatic rings. The Hall–Kier alpha value is -4.14. The SMILES string of the molecule is CCOc1cccc(C2C(C(=O)c3ccc4c(c3)OCCO4)C(=O)C(=O)N2CCCn2ccnc2)c1. The Morgan fingerprint density at radius 3 is 2.69 bits per heavy atom. The molecule has 1 amide bonds. The predicted molar refractivity (Wildman–Crippen MR) is 129 cm³/mol. The van der Waals surface area contributed by atoms with Crippen molar-refractivity contribution in [1.82, 2.24) is 14.5 Å². The van der Waals surface area contributed by atoms with E-state index in [0.29, 0.717) is 67.7 Å². The third kappa shape index (κ3) is 4.56. The number of aromatic nitrogens is 2. The van der Waals surface area contributed by atoms with Crippen molar-refractivity contribution in [3.05, 3.63) is 72.3 Å². The highest BCUT2D eigenvalue weighted by molar-refractivity contribution is 6.44. The van der Waals surface area contributed by atoms with Gasteiger partial charge in [0, 0.05) is 31.0 Å². The normalized spacial score (nSPS) is 19.0. The van der Waals surface area contributed by atoms with Gasteiger partial charge in [-0.1, -0.05) is 12.1 Å². The molecule has 2 aromatic carbocycles. The first-order valence-corrected chi connectivity index (χ1v) is 12.0. The summed E-state index contributed by atoms with van der Waals surface area (Å²) in [6.45, 7) is 4.11. The zero-order chi connectivity index (χ0) is 25.1. The molecule has 3 heterocycles. The minimum atomic E-state index is -1.18. The van der Waals surface area contributed by atoms with Crippen LogP contribution in [0.4, 0.5) is 0 Å². The quantitative estimate of drug-likeness (QED) is 0.259. The van der Waals surface area contributed by atoms with Crippen LogP contribution in [0.15, 0.2) is 61.2 Å². The van der Waals surface area contributed by atoms with E-state index in [-0.39, 0.29) is 0 Å². The fourth-order valence-electron chi connectivity index (χ4n) is 4.77. The van der Waals surface area contributed by atoms with Crippen molar-refractivity contribution < 1.29 is 28.6 Å². The van der Waals surface area contributed by atoms with E-state index in [9.17, 15) is 14.4 Å². The summed E-state index contributed by atoms with van der Waals surface area (Å²) in [5, 5.41) is 0. The summed E-state index contributed by atoms with van der Waals surface area (Å²) in [5.74, 6) is -1.33. The van der Waals surface area contributed by atoms with Crippen molar-refractivity contribution in [2.75, 3.05) is 26.4 Å². The van der Waals surface area contributed by atoms with Crippen LogP contribution in [0.1, 0.15) is 35.3 Å². The maximum Gasteiger partial charge on any atom is 0.291 e. The highest BCUT2D eigenvalue weighted by Gasteiger charge is 2.51. The molecular weight excluding hydrogens is 462 g/mol. The Bertz CT molecular complexity index is 1270. The van der Waals surface area contributed by atoms with Gasteiger partial charge in [-0.05, 0) is 49.2 Å². The Balaban J connectivity index is 1.48. The monoisotopic (exact) mass is 489 g/mol. The van der Waals surface area contributed by atoms with Gasteiger partial charge in [0.2, 0.25) is 5.78 Å². The van der Waals surface area contributed by atoms with Crippen LogP contribution in [-0.4, -0.2) is 58.3 Å². The van der Waals surface area contributed by atoms with Gasteiger partial charge < -0.3 is 23.7 Å². The number of hydrogen-bond acceptors (Lipinski definition) is 7. The Kier molecular flexibility index (Phi) is 6.71. The molecule has 0 saturated carbocycles. The number of benzene rings is 2. The second-order valence-electron chi connectivity index (χ2n) is 8.67. The standard InChI is InChI=1S/C27H27N3O6/c1-2-34-20-6-3-5-18(15-20)24-23(25(31)19-7-8-21-22(16-19)36-14-13-35-21)26(32)27(33)30(24)11-4-10-29-12-9-28-17-29/h3,5-9,12,15-17,23-24H,2,4,10-11,13-14H2,1H3. The molecule has 2 unspecified atom stereocenters. The van der Waals surface area contributed by atoms with Gasteiger partial charge in [0.15, 0.2) is 17.3 Å². The number of aryl methyl sites for hydroxylation is 1. The average Bonchev–Trinajstić information content (AvgIpc) is 3.51. The van der Waals surface area contributed by atoms with Gasteiger partial charge in [-0.25, -0.2) is 4.98 Å². The van der Waals surface area contributed by atoms with Gasteiger partial charge in [0.25, 0.3) is 5.91 Å². The predicted octanol–water partition coefficient (Wildman–Crippen LogP) is 3.09. The van der Waals surface area contributed by atoms with E-state index in [0.717, 1.165) is 0 Å². The summed E-state index contributed by atoms with van der Waals surface area (Å²) in [5.41, 5.74) is 0.982. The lowest BCUT2D eigenvalue weighted by Gasteiger charge is -2.28. The van der Waals surface area contributed by atoms with Gasteiger partial charge in [-0.15, -0.1) is 0 Å². The maximum absolute atomic E-state index is 13.7. The molecule has 9 heteroatoms. The summed E-state index contributed by atoms with van der Waals surface area (Å²) < 4.78 is 18.7. The molecule has 1 fully saturated rings. The summed E-state index contributed by atoms with van der Waals surface area (Å²) in [6.07, 6.45) is 5.83. The zero-order valence-electron chi connectivity index (χ0n) is 20.0. The maximum atomic E-state index is 13.7.